The maximum atomic E-state index is 12.6. The van der Waals surface area contributed by atoms with Crippen LogP contribution in [0.1, 0.15) is 33.6 Å². The van der Waals surface area contributed by atoms with Crippen molar-refractivity contribution in [3.63, 3.8) is 0 Å². The Morgan fingerprint density at radius 2 is 2.03 bits per heavy atom. The lowest BCUT2D eigenvalue weighted by molar-refractivity contribution is -0.129. The summed E-state index contributed by atoms with van der Waals surface area (Å²) in [5, 5.41) is 2.65. The number of para-hydroxylation sites is 1. The lowest BCUT2D eigenvalue weighted by Crippen LogP contribution is -2.46. The van der Waals surface area contributed by atoms with Crippen LogP contribution >= 0.6 is 0 Å². The molecule has 0 bridgehead atoms. The number of ketones is 1. The van der Waals surface area contributed by atoms with Crippen molar-refractivity contribution < 1.29 is 23.9 Å². The number of ether oxygens (including phenoxy) is 2. The molecule has 29 heavy (non-hydrogen) atoms. The summed E-state index contributed by atoms with van der Waals surface area (Å²) in [5.41, 5.74) is 0.332. The molecular weight excluding hydrogens is 372 g/mol. The first-order valence-electron chi connectivity index (χ1n) is 9.51. The van der Waals surface area contributed by atoms with Crippen molar-refractivity contribution in [2.75, 3.05) is 26.7 Å². The van der Waals surface area contributed by atoms with Gasteiger partial charge in [0.1, 0.15) is 17.1 Å². The Bertz CT molecular complexity index is 973. The Morgan fingerprint density at radius 1 is 1.21 bits per heavy atom. The number of nitrogens with zero attached hydrogens (tertiary/aromatic N) is 1. The number of hydrogen-bond donors (Lipinski definition) is 1. The van der Waals surface area contributed by atoms with Gasteiger partial charge in [-0.2, -0.15) is 0 Å². The van der Waals surface area contributed by atoms with Crippen LogP contribution < -0.4 is 14.8 Å². The first-order chi connectivity index (χ1) is 14.0. The Balaban J connectivity index is 1.36. The van der Waals surface area contributed by atoms with Gasteiger partial charge in [0.2, 0.25) is 5.91 Å². The Kier molecular flexibility index (Phi) is 4.96. The van der Waals surface area contributed by atoms with E-state index in [1.165, 1.54) is 7.11 Å². The average molecular weight is 394 g/mol. The van der Waals surface area contributed by atoms with E-state index in [4.69, 9.17) is 9.47 Å². The summed E-state index contributed by atoms with van der Waals surface area (Å²) in [6.07, 6.45) is 0.840. The van der Waals surface area contributed by atoms with Crippen LogP contribution in [-0.2, 0) is 4.79 Å². The van der Waals surface area contributed by atoms with Gasteiger partial charge in [-0.05, 0) is 30.3 Å². The van der Waals surface area contributed by atoms with Crippen LogP contribution in [-0.4, -0.2) is 54.8 Å². The number of amides is 2. The molecule has 2 aromatic rings. The van der Waals surface area contributed by atoms with Crippen LogP contribution in [0.5, 0.6) is 11.5 Å². The average Bonchev–Trinajstić information content (AvgIpc) is 3.14. The molecule has 150 valence electrons. The van der Waals surface area contributed by atoms with Crippen molar-refractivity contribution in [2.24, 2.45) is 0 Å². The summed E-state index contributed by atoms with van der Waals surface area (Å²) in [6, 6.07) is 13.9. The van der Waals surface area contributed by atoms with E-state index >= 15 is 0 Å². The van der Waals surface area contributed by atoms with Crippen molar-refractivity contribution in [1.29, 1.82) is 0 Å². The smallest absolute Gasteiger partial charge is 0.251 e. The first-order valence-corrected chi connectivity index (χ1v) is 9.51. The summed E-state index contributed by atoms with van der Waals surface area (Å²) in [5.74, 6) is 0.638. The SMILES string of the molecule is COc1cccc(C(=O)NCC(=O)N2CCC3(CC(=O)c4ccccc4O3)C2)c1. The van der Waals surface area contributed by atoms with Crippen LogP contribution in [0.3, 0.4) is 0 Å². The normalized spacial score (nSPS) is 20.2. The number of likely N-dealkylation sites (tertiary alicyclic amines) is 1. The van der Waals surface area contributed by atoms with E-state index in [1.807, 2.05) is 12.1 Å². The highest BCUT2D eigenvalue weighted by Gasteiger charge is 2.46. The predicted octanol–water partition coefficient (Wildman–Crippen LogP) is 2.06. The topological polar surface area (TPSA) is 84.9 Å². The van der Waals surface area contributed by atoms with Gasteiger partial charge in [-0.3, -0.25) is 14.4 Å². The zero-order chi connectivity index (χ0) is 20.4. The lowest BCUT2D eigenvalue weighted by atomic mass is 9.89. The summed E-state index contributed by atoms with van der Waals surface area (Å²) in [6.45, 7) is 0.709. The van der Waals surface area contributed by atoms with Crippen molar-refractivity contribution in [3.05, 3.63) is 59.7 Å². The molecule has 1 unspecified atom stereocenters. The fourth-order valence-electron chi connectivity index (χ4n) is 3.86. The highest BCUT2D eigenvalue weighted by Crippen LogP contribution is 2.38. The molecule has 0 aliphatic carbocycles. The molecule has 2 aliphatic heterocycles. The number of Topliss-reactive ketones (excluding diaryl/α,β-unsaturated/α-hetero) is 1. The molecule has 2 amide bonds. The van der Waals surface area contributed by atoms with Crippen LogP contribution in [0.4, 0.5) is 0 Å². The van der Waals surface area contributed by atoms with Gasteiger partial charge in [-0.1, -0.05) is 18.2 Å². The minimum atomic E-state index is -0.683. The molecule has 1 atom stereocenters. The Labute approximate surface area is 168 Å². The Morgan fingerprint density at radius 3 is 2.86 bits per heavy atom. The number of methoxy groups -OCH3 is 1. The molecule has 0 aromatic heterocycles. The fraction of sp³-hybridized carbons (Fsp3) is 0.318. The fourth-order valence-corrected chi connectivity index (χ4v) is 3.86. The van der Waals surface area contributed by atoms with Crippen LogP contribution in [0.2, 0.25) is 0 Å². The predicted molar refractivity (Wildman–Crippen MR) is 105 cm³/mol. The molecule has 1 N–H and O–H groups in total. The van der Waals surface area contributed by atoms with E-state index in [-0.39, 0.29) is 30.6 Å². The molecule has 7 heteroatoms. The van der Waals surface area contributed by atoms with Crippen molar-refractivity contribution in [3.8, 4) is 11.5 Å². The minimum Gasteiger partial charge on any atom is -0.497 e. The van der Waals surface area contributed by atoms with Crippen molar-refractivity contribution in [1.82, 2.24) is 10.2 Å². The quantitative estimate of drug-likeness (QED) is 0.858. The zero-order valence-electron chi connectivity index (χ0n) is 16.1. The highest BCUT2D eigenvalue weighted by molar-refractivity contribution is 6.00. The molecule has 1 saturated heterocycles. The largest absolute Gasteiger partial charge is 0.497 e. The number of carbonyl (C=O) groups excluding carboxylic acids is 3. The van der Waals surface area contributed by atoms with Gasteiger partial charge in [0, 0.05) is 18.5 Å². The third-order valence-corrected chi connectivity index (χ3v) is 5.40. The number of rotatable bonds is 4. The minimum absolute atomic E-state index is 0.0347. The molecule has 4 rings (SSSR count). The summed E-state index contributed by atoms with van der Waals surface area (Å²) < 4.78 is 11.2. The van der Waals surface area contributed by atoms with Crippen molar-refractivity contribution >= 4 is 17.6 Å². The summed E-state index contributed by atoms with van der Waals surface area (Å²) >= 11 is 0. The first kappa shape index (κ1) is 19.0. The van der Waals surface area contributed by atoms with Gasteiger partial charge in [0.25, 0.3) is 5.91 Å². The highest BCUT2D eigenvalue weighted by atomic mass is 16.5. The number of hydrogen-bond acceptors (Lipinski definition) is 5. The summed E-state index contributed by atoms with van der Waals surface area (Å²) in [4.78, 5) is 39.0. The third kappa shape index (κ3) is 3.81. The van der Waals surface area contributed by atoms with Crippen molar-refractivity contribution in [2.45, 2.75) is 18.4 Å². The van der Waals surface area contributed by atoms with E-state index in [2.05, 4.69) is 5.32 Å². The summed E-state index contributed by atoms with van der Waals surface area (Å²) in [7, 11) is 1.53. The van der Waals surface area contributed by atoms with E-state index in [0.29, 0.717) is 42.1 Å². The van der Waals surface area contributed by atoms with E-state index in [0.717, 1.165) is 0 Å². The molecule has 7 nitrogen and oxygen atoms in total. The Hall–Kier alpha value is -3.35. The molecular formula is C22H22N2O5. The second-order valence-electron chi connectivity index (χ2n) is 7.36. The van der Waals surface area contributed by atoms with Crippen LogP contribution in [0, 0.1) is 0 Å². The number of benzene rings is 2. The third-order valence-electron chi connectivity index (χ3n) is 5.40. The van der Waals surface area contributed by atoms with Gasteiger partial charge < -0.3 is 19.7 Å². The van der Waals surface area contributed by atoms with Crippen LogP contribution in [0.25, 0.3) is 0 Å². The molecule has 2 heterocycles. The molecule has 0 radical (unpaired) electrons. The molecule has 0 saturated carbocycles. The molecule has 1 spiro atoms. The monoisotopic (exact) mass is 394 g/mol. The number of fused-ring (bicyclic) bond motifs is 1. The van der Waals surface area contributed by atoms with E-state index < -0.39 is 5.60 Å². The van der Waals surface area contributed by atoms with Gasteiger partial charge in [0.15, 0.2) is 5.78 Å². The van der Waals surface area contributed by atoms with Gasteiger partial charge in [-0.15, -0.1) is 0 Å². The number of carbonyl (C=O) groups is 3. The van der Waals surface area contributed by atoms with E-state index in [9.17, 15) is 14.4 Å². The lowest BCUT2D eigenvalue weighted by Gasteiger charge is -2.34. The molecule has 1 fully saturated rings. The maximum absolute atomic E-state index is 12.6. The molecule has 2 aromatic carbocycles. The second-order valence-corrected chi connectivity index (χ2v) is 7.36. The maximum Gasteiger partial charge on any atom is 0.251 e. The van der Waals surface area contributed by atoms with Gasteiger partial charge >= 0.3 is 0 Å². The standard InChI is InChI=1S/C22H22N2O5/c1-28-16-6-4-5-15(11-16)21(27)23-13-20(26)24-10-9-22(14-24)12-18(25)17-7-2-3-8-19(17)29-22/h2-8,11H,9-10,12-14H2,1H3,(H,23,27). The van der Waals surface area contributed by atoms with E-state index in [1.54, 1.807) is 41.3 Å². The second kappa shape index (κ2) is 7.58. The van der Waals surface area contributed by atoms with Gasteiger partial charge in [0.05, 0.1) is 32.2 Å². The molecule has 2 aliphatic rings. The van der Waals surface area contributed by atoms with Crippen LogP contribution in [0.15, 0.2) is 48.5 Å². The zero-order valence-corrected chi connectivity index (χ0v) is 16.1. The van der Waals surface area contributed by atoms with Gasteiger partial charge in [-0.25, -0.2) is 0 Å². The number of nitrogens with one attached hydrogen (secondary N) is 1.